The fourth-order valence-electron chi connectivity index (χ4n) is 4.97. The molecule has 1 aliphatic carbocycles. The molecule has 2 fully saturated rings. The molecule has 1 spiro atoms. The van der Waals surface area contributed by atoms with Crippen LogP contribution in [0.15, 0.2) is 57.9 Å². The van der Waals surface area contributed by atoms with E-state index in [1.807, 2.05) is 42.1 Å². The van der Waals surface area contributed by atoms with Gasteiger partial charge in [-0.05, 0) is 79.0 Å². The molecule has 0 radical (unpaired) electrons. The summed E-state index contributed by atoms with van der Waals surface area (Å²) in [5, 5.41) is 0. The first-order valence-corrected chi connectivity index (χ1v) is 12.9. The Balaban J connectivity index is 1.73. The molecular weight excluding hydrogens is 442 g/mol. The smallest absolute Gasteiger partial charge is 0.262 e. The molecule has 5 rings (SSSR count). The minimum atomic E-state index is -3.58. The van der Waals surface area contributed by atoms with Gasteiger partial charge in [-0.25, -0.2) is 8.42 Å². The monoisotopic (exact) mass is 463 g/mol. The van der Waals surface area contributed by atoms with Crippen LogP contribution in [-0.4, -0.2) is 26.0 Å². The number of anilines is 1. The lowest BCUT2D eigenvalue weighted by Crippen LogP contribution is -2.50. The van der Waals surface area contributed by atoms with Crippen molar-refractivity contribution in [1.82, 2.24) is 0 Å². The van der Waals surface area contributed by atoms with Gasteiger partial charge in [0.15, 0.2) is 0 Å². The molecule has 0 aromatic heterocycles. The fourth-order valence-corrected chi connectivity index (χ4v) is 8.37. The maximum absolute atomic E-state index is 13.8. The third-order valence-electron chi connectivity index (χ3n) is 6.30. The van der Waals surface area contributed by atoms with Crippen molar-refractivity contribution in [3.63, 3.8) is 0 Å². The zero-order chi connectivity index (χ0) is 18.6. The topological polar surface area (TPSA) is 37.4 Å². The van der Waals surface area contributed by atoms with Gasteiger partial charge in [-0.1, -0.05) is 34.1 Å². The number of benzene rings is 2. The Morgan fingerprint density at radius 3 is 2.41 bits per heavy atom. The van der Waals surface area contributed by atoms with Crippen molar-refractivity contribution in [3.05, 3.63) is 58.6 Å². The van der Waals surface area contributed by atoms with Gasteiger partial charge >= 0.3 is 0 Å². The van der Waals surface area contributed by atoms with Gasteiger partial charge < -0.3 is 0 Å². The van der Waals surface area contributed by atoms with E-state index >= 15 is 0 Å². The molecule has 142 valence electrons. The second-order valence-electron chi connectivity index (χ2n) is 7.83. The highest BCUT2D eigenvalue weighted by molar-refractivity contribution is 9.10. The number of fused-ring (bicyclic) bond motifs is 2. The number of thioether (sulfide) groups is 1. The summed E-state index contributed by atoms with van der Waals surface area (Å²) in [5.41, 5.74) is 2.08. The van der Waals surface area contributed by atoms with Crippen molar-refractivity contribution >= 4 is 43.4 Å². The van der Waals surface area contributed by atoms with E-state index in [0.717, 1.165) is 47.3 Å². The highest BCUT2D eigenvalue weighted by atomic mass is 79.9. The lowest BCUT2D eigenvalue weighted by molar-refractivity contribution is 0.315. The SMILES string of the molecule is O=S(=O)(c1ccccc1)N1c2ccc(Br)cc2C2(CCSCC2)C1C1CC1. The van der Waals surface area contributed by atoms with Crippen LogP contribution < -0.4 is 4.31 Å². The lowest BCUT2D eigenvalue weighted by Gasteiger charge is -2.41. The predicted molar refractivity (Wildman–Crippen MR) is 115 cm³/mol. The van der Waals surface area contributed by atoms with Gasteiger partial charge in [0.05, 0.1) is 16.6 Å². The van der Waals surface area contributed by atoms with E-state index in [0.29, 0.717) is 10.8 Å². The van der Waals surface area contributed by atoms with Crippen LogP contribution in [0.25, 0.3) is 0 Å². The minimum Gasteiger partial charge on any atom is -0.262 e. The molecule has 27 heavy (non-hydrogen) atoms. The fraction of sp³-hybridized carbons (Fsp3) is 0.429. The van der Waals surface area contributed by atoms with Gasteiger partial charge in [-0.3, -0.25) is 4.31 Å². The van der Waals surface area contributed by atoms with Crippen molar-refractivity contribution in [2.75, 3.05) is 15.8 Å². The van der Waals surface area contributed by atoms with E-state index in [-0.39, 0.29) is 11.5 Å². The normalized spacial score (nSPS) is 24.2. The van der Waals surface area contributed by atoms with Crippen LogP contribution in [0, 0.1) is 5.92 Å². The van der Waals surface area contributed by atoms with Crippen molar-refractivity contribution < 1.29 is 8.42 Å². The standard InChI is InChI=1S/C21H22BrNO2S2/c22-16-8-9-19-18(14-16)21(10-12-26-13-11-21)20(15-6-7-15)23(19)27(24,25)17-4-2-1-3-5-17/h1-5,8-9,14-15,20H,6-7,10-13H2. The molecule has 2 heterocycles. The van der Waals surface area contributed by atoms with E-state index < -0.39 is 10.0 Å². The number of hydrogen-bond acceptors (Lipinski definition) is 3. The van der Waals surface area contributed by atoms with Gasteiger partial charge in [-0.2, -0.15) is 11.8 Å². The van der Waals surface area contributed by atoms with Crippen LogP contribution in [0.5, 0.6) is 0 Å². The van der Waals surface area contributed by atoms with Crippen LogP contribution in [0.1, 0.15) is 31.2 Å². The van der Waals surface area contributed by atoms with Crippen molar-refractivity contribution in [2.45, 2.75) is 42.0 Å². The van der Waals surface area contributed by atoms with Crippen LogP contribution >= 0.6 is 27.7 Å². The number of sulfonamides is 1. The van der Waals surface area contributed by atoms with Crippen LogP contribution in [0.4, 0.5) is 5.69 Å². The first-order valence-electron chi connectivity index (χ1n) is 9.51. The molecule has 6 heteroatoms. The highest BCUT2D eigenvalue weighted by Crippen LogP contribution is 2.59. The lowest BCUT2D eigenvalue weighted by atomic mass is 9.70. The summed E-state index contributed by atoms with van der Waals surface area (Å²) in [5.74, 6) is 2.68. The Bertz CT molecular complexity index is 967. The molecule has 2 aromatic rings. The summed E-state index contributed by atoms with van der Waals surface area (Å²) in [4.78, 5) is 0.395. The zero-order valence-corrected chi connectivity index (χ0v) is 18.2. The Kier molecular flexibility index (Phi) is 4.37. The van der Waals surface area contributed by atoms with E-state index in [9.17, 15) is 8.42 Å². The molecule has 1 saturated heterocycles. The van der Waals surface area contributed by atoms with Gasteiger partial charge in [0.1, 0.15) is 0 Å². The summed E-state index contributed by atoms with van der Waals surface area (Å²) < 4.78 is 30.4. The third kappa shape index (κ3) is 2.78. The number of nitrogens with zero attached hydrogens (tertiary/aromatic N) is 1. The number of rotatable bonds is 3. The Morgan fingerprint density at radius 1 is 1.04 bits per heavy atom. The number of hydrogen-bond donors (Lipinski definition) is 0. The zero-order valence-electron chi connectivity index (χ0n) is 15.0. The Hall–Kier alpha value is -0.980. The second-order valence-corrected chi connectivity index (χ2v) is 11.8. The largest absolute Gasteiger partial charge is 0.264 e. The predicted octanol–water partition coefficient (Wildman–Crippen LogP) is 5.20. The molecule has 1 atom stereocenters. The third-order valence-corrected chi connectivity index (χ3v) is 9.59. The van der Waals surface area contributed by atoms with Crippen LogP contribution in [0.3, 0.4) is 0 Å². The Labute approximate surface area is 173 Å². The molecule has 2 aliphatic heterocycles. The van der Waals surface area contributed by atoms with Crippen molar-refractivity contribution in [2.24, 2.45) is 5.92 Å². The summed E-state index contributed by atoms with van der Waals surface area (Å²) in [6.07, 6.45) is 4.39. The molecule has 0 amide bonds. The molecule has 3 aliphatic rings. The maximum atomic E-state index is 13.8. The first-order chi connectivity index (χ1) is 13.0. The average molecular weight is 464 g/mol. The molecule has 2 aromatic carbocycles. The molecule has 0 N–H and O–H groups in total. The minimum absolute atomic E-state index is 0.0482. The van der Waals surface area contributed by atoms with Gasteiger partial charge in [0, 0.05) is 9.89 Å². The van der Waals surface area contributed by atoms with Crippen LogP contribution in [0.2, 0.25) is 0 Å². The maximum Gasteiger partial charge on any atom is 0.264 e. The van der Waals surface area contributed by atoms with E-state index in [1.54, 1.807) is 16.4 Å². The quantitative estimate of drug-likeness (QED) is 0.627. The average Bonchev–Trinajstić information content (AvgIpc) is 3.49. The van der Waals surface area contributed by atoms with E-state index in [2.05, 4.69) is 22.0 Å². The molecular formula is C21H22BrNO2S2. The van der Waals surface area contributed by atoms with Crippen molar-refractivity contribution in [3.8, 4) is 0 Å². The highest BCUT2D eigenvalue weighted by Gasteiger charge is 2.59. The van der Waals surface area contributed by atoms with Gasteiger partial charge in [0.25, 0.3) is 10.0 Å². The van der Waals surface area contributed by atoms with Gasteiger partial charge in [-0.15, -0.1) is 0 Å². The molecule has 1 saturated carbocycles. The molecule has 1 unspecified atom stereocenters. The first kappa shape index (κ1) is 18.1. The van der Waals surface area contributed by atoms with Gasteiger partial charge in [0.2, 0.25) is 0 Å². The van der Waals surface area contributed by atoms with E-state index in [1.165, 1.54) is 5.56 Å². The summed E-state index contributed by atoms with van der Waals surface area (Å²) in [6.45, 7) is 0. The second kappa shape index (κ2) is 6.53. The van der Waals surface area contributed by atoms with E-state index in [4.69, 9.17) is 0 Å². The summed E-state index contributed by atoms with van der Waals surface area (Å²) >= 11 is 5.62. The molecule has 0 bridgehead atoms. The number of halogens is 1. The Morgan fingerprint density at radius 2 is 1.74 bits per heavy atom. The van der Waals surface area contributed by atoms with Crippen molar-refractivity contribution in [1.29, 1.82) is 0 Å². The summed E-state index contributed by atoms with van der Waals surface area (Å²) in [6, 6.07) is 15.1. The summed E-state index contributed by atoms with van der Waals surface area (Å²) in [7, 11) is -3.58. The molecule has 3 nitrogen and oxygen atoms in total. The van der Waals surface area contributed by atoms with Crippen LogP contribution in [-0.2, 0) is 15.4 Å².